The minimum absolute atomic E-state index is 0.0155. The van der Waals surface area contributed by atoms with Crippen LogP contribution in [0.15, 0.2) is 0 Å². The first kappa shape index (κ1) is 12.6. The SMILES string of the molecule is COC(=O)C[C@@H]1CC(=O)C[C@H](CC(=O)O)O1. The molecule has 0 aromatic carbocycles. The number of carbonyl (C=O) groups excluding carboxylic acids is 2. The third-order valence-corrected chi connectivity index (χ3v) is 2.32. The van der Waals surface area contributed by atoms with Gasteiger partial charge in [-0.25, -0.2) is 0 Å². The topological polar surface area (TPSA) is 89.9 Å². The normalized spacial score (nSPS) is 25.2. The van der Waals surface area contributed by atoms with Crippen LogP contribution < -0.4 is 0 Å². The minimum Gasteiger partial charge on any atom is -0.481 e. The molecule has 1 aliphatic rings. The highest BCUT2D eigenvalue weighted by Gasteiger charge is 2.30. The predicted octanol–water partition coefficient (Wildman–Crippen LogP) is 0.141. The molecule has 1 fully saturated rings. The average Bonchev–Trinajstić information content (AvgIpc) is 2.15. The number of rotatable bonds is 4. The number of esters is 1. The smallest absolute Gasteiger partial charge is 0.308 e. The van der Waals surface area contributed by atoms with Crippen LogP contribution in [0.25, 0.3) is 0 Å². The Morgan fingerprint density at radius 2 is 1.94 bits per heavy atom. The summed E-state index contributed by atoms with van der Waals surface area (Å²) in [6.07, 6.45) is -1.18. The van der Waals surface area contributed by atoms with E-state index in [2.05, 4.69) is 4.74 Å². The molecule has 1 rings (SSSR count). The number of carbonyl (C=O) groups is 3. The van der Waals surface area contributed by atoms with Gasteiger partial charge in [-0.05, 0) is 0 Å². The van der Waals surface area contributed by atoms with Crippen LogP contribution in [-0.4, -0.2) is 42.1 Å². The molecule has 0 radical (unpaired) electrons. The Morgan fingerprint density at radius 1 is 1.38 bits per heavy atom. The van der Waals surface area contributed by atoms with Crippen LogP contribution in [0.2, 0.25) is 0 Å². The molecule has 0 spiro atoms. The summed E-state index contributed by atoms with van der Waals surface area (Å²) in [7, 11) is 1.25. The maximum Gasteiger partial charge on any atom is 0.308 e. The summed E-state index contributed by atoms with van der Waals surface area (Å²) in [5, 5.41) is 8.58. The van der Waals surface area contributed by atoms with E-state index in [1.165, 1.54) is 7.11 Å². The summed E-state index contributed by atoms with van der Waals surface area (Å²) in [5.74, 6) is -1.56. The second-order valence-corrected chi connectivity index (χ2v) is 3.71. The van der Waals surface area contributed by atoms with Gasteiger partial charge >= 0.3 is 11.9 Å². The zero-order chi connectivity index (χ0) is 12.1. The first-order chi connectivity index (χ1) is 7.51. The maximum absolute atomic E-state index is 11.3. The molecule has 6 nitrogen and oxygen atoms in total. The third-order valence-electron chi connectivity index (χ3n) is 2.32. The predicted molar refractivity (Wildman–Crippen MR) is 51.8 cm³/mol. The highest BCUT2D eigenvalue weighted by atomic mass is 16.5. The molecule has 0 aliphatic carbocycles. The maximum atomic E-state index is 11.3. The lowest BCUT2D eigenvalue weighted by atomic mass is 9.99. The van der Waals surface area contributed by atoms with E-state index in [-0.39, 0.29) is 31.5 Å². The molecule has 2 atom stereocenters. The quantitative estimate of drug-likeness (QED) is 0.691. The number of carboxylic acid groups (broad SMARTS) is 1. The van der Waals surface area contributed by atoms with E-state index in [4.69, 9.17) is 9.84 Å². The summed E-state index contributed by atoms with van der Waals surface area (Å²) in [4.78, 5) is 32.8. The Labute approximate surface area is 92.5 Å². The zero-order valence-corrected chi connectivity index (χ0v) is 8.97. The summed E-state index contributed by atoms with van der Waals surface area (Å²) < 4.78 is 9.80. The molecule has 0 aromatic rings. The molecule has 0 unspecified atom stereocenters. The van der Waals surface area contributed by atoms with Gasteiger partial charge in [-0.15, -0.1) is 0 Å². The van der Waals surface area contributed by atoms with Gasteiger partial charge in [0.2, 0.25) is 0 Å². The fourth-order valence-corrected chi connectivity index (χ4v) is 1.66. The Morgan fingerprint density at radius 3 is 2.44 bits per heavy atom. The summed E-state index contributed by atoms with van der Waals surface area (Å²) in [5.41, 5.74) is 0. The molecule has 0 saturated carbocycles. The van der Waals surface area contributed by atoms with Crippen LogP contribution >= 0.6 is 0 Å². The first-order valence-electron chi connectivity index (χ1n) is 4.97. The van der Waals surface area contributed by atoms with Crippen molar-refractivity contribution in [3.63, 3.8) is 0 Å². The van der Waals surface area contributed by atoms with Crippen LogP contribution in [0.1, 0.15) is 25.7 Å². The summed E-state index contributed by atoms with van der Waals surface area (Å²) in [6.45, 7) is 0. The number of Topliss-reactive ketones (excluding diaryl/α,β-unsaturated/α-hetero) is 1. The van der Waals surface area contributed by atoms with Gasteiger partial charge in [0.1, 0.15) is 5.78 Å². The largest absolute Gasteiger partial charge is 0.481 e. The van der Waals surface area contributed by atoms with Gasteiger partial charge in [-0.3, -0.25) is 14.4 Å². The first-order valence-corrected chi connectivity index (χ1v) is 4.97. The van der Waals surface area contributed by atoms with Gasteiger partial charge in [0.05, 0.1) is 32.2 Å². The lowest BCUT2D eigenvalue weighted by molar-refractivity contribution is -0.153. The Hall–Kier alpha value is -1.43. The van der Waals surface area contributed by atoms with E-state index >= 15 is 0 Å². The molecule has 90 valence electrons. The second kappa shape index (κ2) is 5.60. The molecule has 0 aromatic heterocycles. The van der Waals surface area contributed by atoms with Crippen molar-refractivity contribution in [3.8, 4) is 0 Å². The summed E-state index contributed by atoms with van der Waals surface area (Å²) >= 11 is 0. The van der Waals surface area contributed by atoms with Gasteiger partial charge in [0.25, 0.3) is 0 Å². The van der Waals surface area contributed by atoms with Crippen molar-refractivity contribution in [1.82, 2.24) is 0 Å². The van der Waals surface area contributed by atoms with E-state index < -0.39 is 24.1 Å². The minimum atomic E-state index is -1.02. The molecule has 0 amide bonds. The van der Waals surface area contributed by atoms with E-state index in [0.717, 1.165) is 0 Å². The van der Waals surface area contributed by atoms with Crippen LogP contribution in [0.4, 0.5) is 0 Å². The van der Waals surface area contributed by atoms with Gasteiger partial charge in [0.15, 0.2) is 0 Å². The number of hydrogen-bond acceptors (Lipinski definition) is 5. The molecule has 1 N–H and O–H groups in total. The van der Waals surface area contributed by atoms with Gasteiger partial charge in [-0.1, -0.05) is 0 Å². The van der Waals surface area contributed by atoms with Crippen molar-refractivity contribution in [2.75, 3.05) is 7.11 Å². The van der Waals surface area contributed by atoms with Crippen LogP contribution in [0.5, 0.6) is 0 Å². The van der Waals surface area contributed by atoms with Crippen molar-refractivity contribution in [2.45, 2.75) is 37.9 Å². The molecule has 16 heavy (non-hydrogen) atoms. The number of aliphatic carboxylic acids is 1. The monoisotopic (exact) mass is 230 g/mol. The van der Waals surface area contributed by atoms with E-state index in [9.17, 15) is 14.4 Å². The van der Waals surface area contributed by atoms with Crippen molar-refractivity contribution in [2.24, 2.45) is 0 Å². The molecule has 1 aliphatic heterocycles. The zero-order valence-electron chi connectivity index (χ0n) is 8.97. The highest BCUT2D eigenvalue weighted by Crippen LogP contribution is 2.21. The van der Waals surface area contributed by atoms with Gasteiger partial charge in [-0.2, -0.15) is 0 Å². The van der Waals surface area contributed by atoms with Crippen LogP contribution in [-0.2, 0) is 23.9 Å². The average molecular weight is 230 g/mol. The molecule has 1 saturated heterocycles. The third kappa shape index (κ3) is 3.98. The van der Waals surface area contributed by atoms with E-state index in [1.54, 1.807) is 0 Å². The standard InChI is InChI=1S/C10H14O6/c1-15-10(14)5-8-3-6(11)2-7(16-8)4-9(12)13/h7-8H,2-5H2,1H3,(H,12,13)/t7-,8+/m1/s1. The fourth-order valence-electron chi connectivity index (χ4n) is 1.66. The number of ether oxygens (including phenoxy) is 2. The van der Waals surface area contributed by atoms with Crippen molar-refractivity contribution in [3.05, 3.63) is 0 Å². The molecule has 0 bridgehead atoms. The van der Waals surface area contributed by atoms with E-state index in [0.29, 0.717) is 0 Å². The number of carboxylic acids is 1. The Balaban J connectivity index is 2.50. The van der Waals surface area contributed by atoms with Crippen molar-refractivity contribution < 1.29 is 29.0 Å². The van der Waals surface area contributed by atoms with E-state index in [1.807, 2.05) is 0 Å². The Bertz CT molecular complexity index is 296. The number of ketones is 1. The lowest BCUT2D eigenvalue weighted by Gasteiger charge is -2.27. The van der Waals surface area contributed by atoms with Gasteiger partial charge < -0.3 is 14.6 Å². The lowest BCUT2D eigenvalue weighted by Crippen LogP contribution is -2.35. The number of hydrogen-bond donors (Lipinski definition) is 1. The van der Waals surface area contributed by atoms with Crippen LogP contribution in [0, 0.1) is 0 Å². The van der Waals surface area contributed by atoms with Crippen molar-refractivity contribution >= 4 is 17.7 Å². The van der Waals surface area contributed by atoms with Gasteiger partial charge in [0, 0.05) is 12.8 Å². The van der Waals surface area contributed by atoms with Crippen molar-refractivity contribution in [1.29, 1.82) is 0 Å². The fraction of sp³-hybridized carbons (Fsp3) is 0.700. The molecule has 6 heteroatoms. The molecular formula is C10H14O6. The van der Waals surface area contributed by atoms with Crippen LogP contribution in [0.3, 0.4) is 0 Å². The highest BCUT2D eigenvalue weighted by molar-refractivity contribution is 5.82. The Kier molecular flexibility index (Phi) is 4.42. The second-order valence-electron chi connectivity index (χ2n) is 3.71. The molecule has 1 heterocycles. The number of methoxy groups -OCH3 is 1. The molecular weight excluding hydrogens is 216 g/mol. The summed E-state index contributed by atoms with van der Waals surface area (Å²) in [6, 6.07) is 0.